The van der Waals surface area contributed by atoms with Crippen LogP contribution in [0.5, 0.6) is 0 Å². The van der Waals surface area contributed by atoms with Gasteiger partial charge in [0, 0.05) is 35.3 Å². The van der Waals surface area contributed by atoms with Crippen molar-refractivity contribution in [3.05, 3.63) is 110 Å². The number of nitrogens with zero attached hydrogens (tertiary/aromatic N) is 4. The maximum absolute atomic E-state index is 14.2. The van der Waals surface area contributed by atoms with Crippen molar-refractivity contribution in [1.29, 1.82) is 0 Å². The summed E-state index contributed by atoms with van der Waals surface area (Å²) in [5.74, 6) is -0.990. The summed E-state index contributed by atoms with van der Waals surface area (Å²) in [6.45, 7) is 12.4. The van der Waals surface area contributed by atoms with E-state index in [1.54, 1.807) is 0 Å². The molecule has 3 heterocycles. The molecule has 0 saturated heterocycles. The lowest BCUT2D eigenvalue weighted by molar-refractivity contribution is -0.156. The number of carbonyl (C=O) groups excluding carboxylic acids is 1. The van der Waals surface area contributed by atoms with Crippen molar-refractivity contribution in [3.8, 4) is 0 Å². The SMILES string of the molecule is CC[C@H]1Cc2ccc(C(F)(F)F)cc2S(=O)(=O)N(Cc2cc([C@@H](c3ccc4c(nnn4CC)c3C)C(C)(C)C(=O)OCc3ccccc3)sc2C)C1. The summed E-state index contributed by atoms with van der Waals surface area (Å²) in [5, 5.41) is 8.78. The smallest absolute Gasteiger partial charge is 0.416 e. The van der Waals surface area contributed by atoms with Crippen LogP contribution in [0.1, 0.15) is 83.2 Å². The van der Waals surface area contributed by atoms with Crippen LogP contribution in [0, 0.1) is 25.2 Å². The van der Waals surface area contributed by atoms with Crippen LogP contribution in [0.25, 0.3) is 11.0 Å². The van der Waals surface area contributed by atoms with E-state index in [0.29, 0.717) is 24.9 Å². The number of aromatic nitrogens is 3. The monoisotopic (exact) mass is 752 g/mol. The Balaban J connectivity index is 1.41. The highest BCUT2D eigenvalue weighted by Gasteiger charge is 2.43. The molecule has 8 nitrogen and oxygen atoms in total. The normalized spacial score (nSPS) is 17.1. The van der Waals surface area contributed by atoms with Gasteiger partial charge >= 0.3 is 12.1 Å². The average molecular weight is 753 g/mol. The number of rotatable bonds is 10. The molecular formula is C39H43F3N4O4S2. The third-order valence-corrected chi connectivity index (χ3v) is 13.3. The van der Waals surface area contributed by atoms with Gasteiger partial charge in [0.1, 0.15) is 12.1 Å². The maximum atomic E-state index is 14.2. The minimum atomic E-state index is -4.68. The van der Waals surface area contributed by atoms with E-state index in [4.69, 9.17) is 4.74 Å². The number of fused-ring (bicyclic) bond motifs is 2. The van der Waals surface area contributed by atoms with E-state index in [1.807, 2.05) is 94.8 Å². The summed E-state index contributed by atoms with van der Waals surface area (Å²) in [7, 11) is -4.28. The van der Waals surface area contributed by atoms with Crippen LogP contribution in [0.2, 0.25) is 0 Å². The predicted molar refractivity (Wildman–Crippen MR) is 195 cm³/mol. The number of alkyl halides is 3. The van der Waals surface area contributed by atoms with Crippen LogP contribution >= 0.6 is 11.3 Å². The summed E-state index contributed by atoms with van der Waals surface area (Å²) in [6.07, 6.45) is -3.66. The second kappa shape index (κ2) is 14.4. The third-order valence-electron chi connectivity index (χ3n) is 10.3. The Hall–Kier alpha value is -4.07. The fourth-order valence-electron chi connectivity index (χ4n) is 7.15. The van der Waals surface area contributed by atoms with Crippen LogP contribution in [0.4, 0.5) is 13.2 Å². The molecular weight excluding hydrogens is 710 g/mol. The molecule has 13 heteroatoms. The van der Waals surface area contributed by atoms with Gasteiger partial charge in [0.25, 0.3) is 0 Å². The van der Waals surface area contributed by atoms with Crippen molar-refractivity contribution in [2.24, 2.45) is 11.3 Å². The molecule has 6 rings (SSSR count). The van der Waals surface area contributed by atoms with Crippen molar-refractivity contribution in [2.45, 2.75) is 91.1 Å². The van der Waals surface area contributed by atoms with E-state index in [9.17, 15) is 26.4 Å². The Morgan fingerprint density at radius 3 is 2.44 bits per heavy atom. The van der Waals surface area contributed by atoms with Gasteiger partial charge in [0.05, 0.1) is 21.4 Å². The van der Waals surface area contributed by atoms with Gasteiger partial charge in [0.15, 0.2) is 0 Å². The summed E-state index contributed by atoms with van der Waals surface area (Å²) in [4.78, 5) is 15.4. The van der Waals surface area contributed by atoms with Crippen molar-refractivity contribution in [2.75, 3.05) is 6.54 Å². The first-order chi connectivity index (χ1) is 24.6. The largest absolute Gasteiger partial charge is 0.460 e. The number of sulfonamides is 1. The predicted octanol–water partition coefficient (Wildman–Crippen LogP) is 8.82. The number of esters is 1. The van der Waals surface area contributed by atoms with Crippen LogP contribution in [0.3, 0.4) is 0 Å². The molecule has 0 radical (unpaired) electrons. The Labute approximate surface area is 306 Å². The number of halogens is 3. The van der Waals surface area contributed by atoms with Gasteiger partial charge in [-0.1, -0.05) is 61.0 Å². The molecule has 1 aliphatic heterocycles. The Kier molecular flexibility index (Phi) is 10.4. The Morgan fingerprint density at radius 2 is 1.77 bits per heavy atom. The molecule has 0 spiro atoms. The van der Waals surface area contributed by atoms with Gasteiger partial charge < -0.3 is 4.74 Å². The van der Waals surface area contributed by atoms with E-state index in [0.717, 1.165) is 55.2 Å². The van der Waals surface area contributed by atoms with Crippen molar-refractivity contribution >= 4 is 38.4 Å². The Morgan fingerprint density at radius 1 is 1.04 bits per heavy atom. The van der Waals surface area contributed by atoms with Crippen molar-refractivity contribution < 1.29 is 31.1 Å². The molecule has 0 N–H and O–H groups in total. The second-order valence-electron chi connectivity index (χ2n) is 14.1. The van der Waals surface area contributed by atoms with Gasteiger partial charge in [-0.05, 0) is 99.0 Å². The highest BCUT2D eigenvalue weighted by Crippen LogP contribution is 2.47. The Bertz CT molecular complexity index is 2210. The number of hydrogen-bond donors (Lipinski definition) is 0. The van der Waals surface area contributed by atoms with E-state index < -0.39 is 39.1 Å². The quantitative estimate of drug-likeness (QED) is 0.132. The van der Waals surface area contributed by atoms with E-state index in [2.05, 4.69) is 10.3 Å². The minimum absolute atomic E-state index is 0.0225. The van der Waals surface area contributed by atoms with Crippen molar-refractivity contribution in [3.63, 3.8) is 0 Å². The molecule has 3 aromatic carbocycles. The number of carbonyl (C=O) groups is 1. The molecule has 2 aromatic heterocycles. The van der Waals surface area contributed by atoms with Crippen LogP contribution in [0.15, 0.2) is 71.6 Å². The topological polar surface area (TPSA) is 94.4 Å². The highest BCUT2D eigenvalue weighted by molar-refractivity contribution is 7.89. The first kappa shape index (κ1) is 37.7. The van der Waals surface area contributed by atoms with E-state index in [1.165, 1.54) is 21.7 Å². The van der Waals surface area contributed by atoms with Gasteiger partial charge in [-0.25, -0.2) is 13.1 Å². The molecule has 276 valence electrons. The summed E-state index contributed by atoms with van der Waals surface area (Å²) >= 11 is 1.47. The van der Waals surface area contributed by atoms with E-state index >= 15 is 0 Å². The standard InChI is InChI=1S/C39H43F3N4O4S2/c1-7-26-18-28-14-15-30(39(40,41)42)20-34(28)52(48,49)45(21-26)22-29-19-33(51-25(29)4)35(31-16-17-32-36(24(31)3)43-44-46(32)8-2)38(5,6)37(47)50-23-27-12-10-9-11-13-27/h9-17,19-20,26,35H,7-8,18,21-23H2,1-6H3/t26-,35+/m0/s1. The third kappa shape index (κ3) is 7.14. The number of aryl methyl sites for hydroxylation is 3. The number of thiophene rings is 1. The maximum Gasteiger partial charge on any atom is 0.416 e. The summed E-state index contributed by atoms with van der Waals surface area (Å²) < 4.78 is 78.6. The number of hydrogen-bond acceptors (Lipinski definition) is 7. The molecule has 0 bridgehead atoms. The fourth-order valence-corrected chi connectivity index (χ4v) is 10.3. The first-order valence-electron chi connectivity index (χ1n) is 17.4. The zero-order chi connectivity index (χ0) is 37.6. The zero-order valence-corrected chi connectivity index (χ0v) is 31.8. The summed E-state index contributed by atoms with van der Waals surface area (Å²) in [5.41, 5.74) is 3.25. The van der Waals surface area contributed by atoms with Crippen LogP contribution in [-0.2, 0) is 51.8 Å². The molecule has 2 atom stereocenters. The van der Waals surface area contributed by atoms with Gasteiger partial charge in [0.2, 0.25) is 10.0 Å². The molecule has 52 heavy (non-hydrogen) atoms. The van der Waals surface area contributed by atoms with Crippen molar-refractivity contribution in [1.82, 2.24) is 19.3 Å². The fraction of sp³-hybridized carbons (Fsp3) is 0.410. The van der Waals surface area contributed by atoms with Gasteiger partial charge in [-0.2, -0.15) is 17.5 Å². The molecule has 0 amide bonds. The zero-order valence-electron chi connectivity index (χ0n) is 30.1. The first-order valence-corrected chi connectivity index (χ1v) is 19.6. The second-order valence-corrected chi connectivity index (χ2v) is 17.3. The molecule has 0 fully saturated rings. The lowest BCUT2D eigenvalue weighted by Gasteiger charge is -2.33. The molecule has 0 unspecified atom stereocenters. The molecule has 5 aromatic rings. The molecule has 0 saturated carbocycles. The van der Waals surface area contributed by atoms with E-state index in [-0.39, 0.29) is 30.5 Å². The minimum Gasteiger partial charge on any atom is -0.460 e. The van der Waals surface area contributed by atoms with Crippen LogP contribution < -0.4 is 0 Å². The molecule has 1 aliphatic rings. The number of ether oxygens (including phenoxy) is 1. The van der Waals surface area contributed by atoms with Crippen LogP contribution in [-0.4, -0.2) is 40.2 Å². The van der Waals surface area contributed by atoms with Gasteiger partial charge in [-0.15, -0.1) is 16.4 Å². The highest BCUT2D eigenvalue weighted by atomic mass is 32.2. The average Bonchev–Trinajstić information content (AvgIpc) is 3.67. The summed E-state index contributed by atoms with van der Waals surface area (Å²) in [6, 6.07) is 18.4. The number of benzene rings is 3. The molecule has 0 aliphatic carbocycles. The van der Waals surface area contributed by atoms with Gasteiger partial charge in [-0.3, -0.25) is 4.79 Å². The lowest BCUT2D eigenvalue weighted by Crippen LogP contribution is -2.34. The lowest BCUT2D eigenvalue weighted by atomic mass is 9.72.